The minimum absolute atomic E-state index is 0.0956. The first-order chi connectivity index (χ1) is 35.1. The van der Waals surface area contributed by atoms with Gasteiger partial charge in [-0.3, -0.25) is 5.41 Å². The second kappa shape index (κ2) is 16.3. The van der Waals surface area contributed by atoms with Gasteiger partial charge >= 0.3 is 0 Å². The predicted octanol–water partition coefficient (Wildman–Crippen LogP) is 17.6. The highest BCUT2D eigenvalue weighted by Crippen LogP contribution is 2.45. The topological polar surface area (TPSA) is 88.0 Å². The lowest BCUT2D eigenvalue weighted by Gasteiger charge is -2.11. The molecular weight excluding hydrogens is 871 g/mol. The van der Waals surface area contributed by atoms with Crippen molar-refractivity contribution in [2.75, 3.05) is 0 Å². The van der Waals surface area contributed by atoms with Crippen LogP contribution in [0.1, 0.15) is 16.7 Å². The fraction of sp³-hybridized carbons (Fsp3) is 0. The van der Waals surface area contributed by atoms with Gasteiger partial charge in [-0.15, -0.1) is 0 Å². The zero-order valence-corrected chi connectivity index (χ0v) is 38.1. The molecule has 0 spiro atoms. The second-order valence-corrected chi connectivity index (χ2v) is 18.0. The number of hydrogen-bond donors (Lipinski definition) is 1. The quantitative estimate of drug-likeness (QED) is 0.133. The molecule has 0 unspecified atom stereocenters. The van der Waals surface area contributed by atoms with E-state index >= 15 is 0 Å². The molecule has 6 heteroatoms. The van der Waals surface area contributed by atoms with E-state index < -0.39 is 0 Å². The van der Waals surface area contributed by atoms with Crippen molar-refractivity contribution in [2.24, 2.45) is 9.98 Å². The van der Waals surface area contributed by atoms with E-state index in [1.165, 1.54) is 5.39 Å². The summed E-state index contributed by atoms with van der Waals surface area (Å²) in [6, 6.07) is 76.8. The summed E-state index contributed by atoms with van der Waals surface area (Å²) >= 11 is 0. The number of nitrogens with zero attached hydrogens (tertiary/aromatic N) is 2. The lowest BCUT2D eigenvalue weighted by Crippen LogP contribution is -2.05. The van der Waals surface area contributed by atoms with Crippen molar-refractivity contribution in [1.82, 2.24) is 0 Å². The van der Waals surface area contributed by atoms with E-state index in [1.807, 2.05) is 85.1 Å². The summed E-state index contributed by atoms with van der Waals surface area (Å²) in [5, 5.41) is 20.1. The van der Waals surface area contributed by atoms with Crippen LogP contribution in [-0.2, 0) is 0 Å². The fourth-order valence-electron chi connectivity index (χ4n) is 10.5. The molecular formula is C65H39N3O3. The first-order valence-electron chi connectivity index (χ1n) is 23.7. The number of fused-ring (bicyclic) bond motifs is 11. The minimum atomic E-state index is 0.0956. The summed E-state index contributed by atoms with van der Waals surface area (Å²) in [6.07, 6.45) is 1.87. The third kappa shape index (κ3) is 6.76. The highest BCUT2D eigenvalue weighted by atomic mass is 16.3. The van der Waals surface area contributed by atoms with E-state index in [9.17, 15) is 5.41 Å². The van der Waals surface area contributed by atoms with Crippen molar-refractivity contribution < 1.29 is 13.3 Å². The lowest BCUT2D eigenvalue weighted by atomic mass is 9.92. The van der Waals surface area contributed by atoms with Gasteiger partial charge in [0.1, 0.15) is 33.5 Å². The molecule has 14 rings (SSSR count). The van der Waals surface area contributed by atoms with Crippen LogP contribution in [0.3, 0.4) is 0 Å². The lowest BCUT2D eigenvalue weighted by molar-refractivity contribution is 0.665. The van der Waals surface area contributed by atoms with E-state index in [4.69, 9.17) is 23.2 Å². The smallest absolute Gasteiger partial charge is 0.162 e. The van der Waals surface area contributed by atoms with Crippen LogP contribution in [0.15, 0.2) is 248 Å². The van der Waals surface area contributed by atoms with Gasteiger partial charge in [0.2, 0.25) is 0 Å². The first-order valence-corrected chi connectivity index (χ1v) is 23.7. The molecule has 71 heavy (non-hydrogen) atoms. The van der Waals surface area contributed by atoms with Crippen molar-refractivity contribution in [3.63, 3.8) is 0 Å². The van der Waals surface area contributed by atoms with Gasteiger partial charge in [-0.05, 0) is 97.9 Å². The summed E-state index contributed by atoms with van der Waals surface area (Å²) in [4.78, 5) is 10.3. The molecule has 0 bridgehead atoms. The number of nitrogens with one attached hydrogen (secondary N) is 1. The molecule has 0 saturated heterocycles. The zero-order valence-electron chi connectivity index (χ0n) is 38.1. The molecule has 3 aromatic heterocycles. The molecule has 0 fully saturated rings. The molecule has 332 valence electrons. The number of aliphatic imine (C=N–C) groups is 2. The molecule has 6 nitrogen and oxygen atoms in total. The van der Waals surface area contributed by atoms with Crippen molar-refractivity contribution >= 4 is 105 Å². The van der Waals surface area contributed by atoms with Crippen LogP contribution >= 0.6 is 0 Å². The summed E-state index contributed by atoms with van der Waals surface area (Å²) in [7, 11) is 0. The maximum atomic E-state index is 9.53. The number of amidine groups is 2. The van der Waals surface area contributed by atoms with Crippen molar-refractivity contribution in [2.45, 2.75) is 0 Å². The number of rotatable bonds is 6. The van der Waals surface area contributed by atoms with Gasteiger partial charge in [-0.2, -0.15) is 0 Å². The van der Waals surface area contributed by atoms with E-state index in [2.05, 4.69) is 146 Å². The Morgan fingerprint density at radius 1 is 0.380 bits per heavy atom. The summed E-state index contributed by atoms with van der Waals surface area (Å²) in [6.45, 7) is 0. The molecule has 0 saturated carbocycles. The van der Waals surface area contributed by atoms with Crippen LogP contribution in [0.5, 0.6) is 0 Å². The van der Waals surface area contributed by atoms with Gasteiger partial charge < -0.3 is 13.3 Å². The van der Waals surface area contributed by atoms with Gasteiger partial charge in [-0.25, -0.2) is 9.98 Å². The standard InChI is InChI=1S/C65H39N3O3/c66-64(45-18-9-17-42(37-45)43-33-32-40-14-1-2-15-41(40)36-43)68-65(54-27-13-30-58-61(54)52-21-6-8-29-57(52)69-58)67-38-39-34-44-16-3-4-19-46(44)55(35-39)48-22-12-31-59-60(48)53-26-11-25-51(63(53)71-59)50-24-10-23-49-47-20-5-7-28-56(47)70-62(49)50/h1-38,66H. The Hall–Kier alpha value is -9.65. The number of hydrogen-bond acceptors (Lipinski definition) is 4. The van der Waals surface area contributed by atoms with Crippen LogP contribution in [0.25, 0.3) is 121 Å². The Labute approximate surface area is 406 Å². The average molecular weight is 910 g/mol. The highest BCUT2D eigenvalue weighted by molar-refractivity contribution is 6.23. The van der Waals surface area contributed by atoms with Gasteiger partial charge in [0.15, 0.2) is 11.7 Å². The Morgan fingerprint density at radius 2 is 0.972 bits per heavy atom. The molecule has 1 N–H and O–H groups in total. The maximum Gasteiger partial charge on any atom is 0.162 e. The summed E-state index contributed by atoms with van der Waals surface area (Å²) in [5.41, 5.74) is 13.2. The van der Waals surface area contributed by atoms with Crippen LogP contribution in [0, 0.1) is 5.41 Å². The Bertz CT molecular complexity index is 4560. The molecule has 0 amide bonds. The maximum absolute atomic E-state index is 9.53. The van der Waals surface area contributed by atoms with Crippen LogP contribution in [0.2, 0.25) is 0 Å². The van der Waals surface area contributed by atoms with Gasteiger partial charge in [0.25, 0.3) is 0 Å². The van der Waals surface area contributed by atoms with E-state index in [-0.39, 0.29) is 5.84 Å². The fourth-order valence-corrected chi connectivity index (χ4v) is 10.5. The molecule has 11 aromatic carbocycles. The van der Waals surface area contributed by atoms with E-state index in [1.54, 1.807) is 0 Å². The van der Waals surface area contributed by atoms with Crippen LogP contribution < -0.4 is 0 Å². The number of benzene rings is 11. The predicted molar refractivity (Wildman–Crippen MR) is 293 cm³/mol. The Kier molecular flexibility index (Phi) is 9.26. The zero-order chi connectivity index (χ0) is 47.0. The van der Waals surface area contributed by atoms with Gasteiger partial charge in [0, 0.05) is 60.8 Å². The molecule has 0 aliphatic heterocycles. The highest BCUT2D eigenvalue weighted by Gasteiger charge is 2.21. The van der Waals surface area contributed by atoms with E-state index in [0.29, 0.717) is 11.4 Å². The molecule has 0 radical (unpaired) electrons. The van der Waals surface area contributed by atoms with Crippen LogP contribution in [-0.4, -0.2) is 17.9 Å². The largest absolute Gasteiger partial charge is 0.456 e. The van der Waals surface area contributed by atoms with E-state index in [0.717, 1.165) is 126 Å². The van der Waals surface area contributed by atoms with Gasteiger partial charge in [0.05, 0.1) is 0 Å². The Morgan fingerprint density at radius 3 is 1.82 bits per heavy atom. The molecule has 14 aromatic rings. The second-order valence-electron chi connectivity index (χ2n) is 18.0. The van der Waals surface area contributed by atoms with Crippen molar-refractivity contribution in [3.05, 3.63) is 241 Å². The van der Waals surface area contributed by atoms with Crippen molar-refractivity contribution in [1.29, 1.82) is 5.41 Å². The normalized spacial score (nSPS) is 12.3. The SMILES string of the molecule is N=C(N=C(N=Cc1cc(-c2cccc3oc4c(-c5cccc6c5oc5ccccc56)cccc4c23)c2ccccc2c1)c1cccc2oc3ccccc3c12)c1cccc(-c2ccc3ccccc3c2)c1. The Balaban J connectivity index is 0.912. The summed E-state index contributed by atoms with van der Waals surface area (Å²) in [5.74, 6) is 0.492. The average Bonchev–Trinajstić information content (AvgIpc) is 4.13. The molecule has 3 heterocycles. The molecule has 0 aliphatic rings. The van der Waals surface area contributed by atoms with Gasteiger partial charge in [-0.1, -0.05) is 176 Å². The molecule has 0 aliphatic carbocycles. The summed E-state index contributed by atoms with van der Waals surface area (Å²) < 4.78 is 19.7. The third-order valence-electron chi connectivity index (χ3n) is 13.8. The van der Waals surface area contributed by atoms with Crippen molar-refractivity contribution in [3.8, 4) is 33.4 Å². The number of para-hydroxylation sites is 4. The first kappa shape index (κ1) is 40.4. The molecule has 0 atom stereocenters. The number of furan rings is 3. The minimum Gasteiger partial charge on any atom is -0.456 e. The third-order valence-corrected chi connectivity index (χ3v) is 13.8. The monoisotopic (exact) mass is 909 g/mol. The van der Waals surface area contributed by atoms with Crippen LogP contribution in [0.4, 0.5) is 0 Å².